The lowest BCUT2D eigenvalue weighted by Crippen LogP contribution is -2.00. The molecule has 0 amide bonds. The van der Waals surface area contributed by atoms with Gasteiger partial charge in [-0.15, -0.1) is 0 Å². The molecule has 0 aliphatic rings. The lowest BCUT2D eigenvalue weighted by molar-refractivity contribution is 0.153. The van der Waals surface area contributed by atoms with Crippen molar-refractivity contribution in [3.63, 3.8) is 0 Å². The number of halogens is 3. The van der Waals surface area contributed by atoms with Gasteiger partial charge in [0, 0.05) is 11.1 Å². The summed E-state index contributed by atoms with van der Waals surface area (Å²) in [4.78, 5) is 4.69. The summed E-state index contributed by atoms with van der Waals surface area (Å²) in [7, 11) is 1.52. The van der Waals surface area contributed by atoms with Gasteiger partial charge in [-0.3, -0.25) is 0 Å². The van der Waals surface area contributed by atoms with Crippen LogP contribution in [0.25, 0.3) is 28.0 Å². The van der Waals surface area contributed by atoms with Crippen molar-refractivity contribution >= 4 is 11.0 Å². The van der Waals surface area contributed by atoms with Gasteiger partial charge in [0.25, 0.3) is 6.43 Å². The maximum Gasteiger partial charge on any atom is 0.264 e. The highest BCUT2D eigenvalue weighted by molar-refractivity contribution is 5.87. The minimum Gasteiger partial charge on any atom is -0.496 e. The number of benzene rings is 2. The molecule has 0 saturated heterocycles. The van der Waals surface area contributed by atoms with Gasteiger partial charge < -0.3 is 4.74 Å². The van der Waals surface area contributed by atoms with Gasteiger partial charge in [-0.05, 0) is 48.4 Å². The summed E-state index contributed by atoms with van der Waals surface area (Å²) in [5, 5.41) is 4.90. The van der Waals surface area contributed by atoms with E-state index in [-0.39, 0.29) is 11.5 Å². The van der Waals surface area contributed by atoms with Crippen LogP contribution in [0.15, 0.2) is 54.6 Å². The van der Waals surface area contributed by atoms with Crippen LogP contribution >= 0.6 is 0 Å². The van der Waals surface area contributed by atoms with E-state index >= 15 is 0 Å². The Balaban J connectivity index is 2.08. The Morgan fingerprint density at radius 2 is 1.70 bits per heavy atom. The largest absolute Gasteiger partial charge is 0.496 e. The standard InChI is InChI=1S/C23H20F3N3O/c1-13(2)21-20-17(22(25)26)12-18(16-6-4-5-7-19(16)30-3)27-23(20)29(28-21)15-10-8-14(24)9-11-15/h4-13,22H,1-3H3. The Bertz CT molecular complexity index is 1200. The number of fused-ring (bicyclic) bond motifs is 1. The predicted octanol–water partition coefficient (Wildman–Crippen LogP) is 6.30. The zero-order valence-corrected chi connectivity index (χ0v) is 16.7. The Hall–Kier alpha value is -3.35. The SMILES string of the molecule is COc1ccccc1-c1cc(C(F)F)c2c(C(C)C)nn(-c3ccc(F)cc3)c2n1. The molecule has 0 atom stereocenters. The van der Waals surface area contributed by atoms with Crippen LogP contribution in [-0.2, 0) is 0 Å². The molecular formula is C23H20F3N3O. The van der Waals surface area contributed by atoms with Crippen LogP contribution in [0, 0.1) is 5.82 Å². The smallest absolute Gasteiger partial charge is 0.264 e. The minimum atomic E-state index is -2.72. The van der Waals surface area contributed by atoms with Crippen LogP contribution in [0.4, 0.5) is 13.2 Å². The number of methoxy groups -OCH3 is 1. The molecule has 0 spiro atoms. The molecule has 2 aromatic heterocycles. The maximum atomic E-state index is 14.1. The first kappa shape index (κ1) is 19.9. The highest BCUT2D eigenvalue weighted by Crippen LogP contribution is 2.38. The van der Waals surface area contributed by atoms with Crippen molar-refractivity contribution in [3.8, 4) is 22.7 Å². The molecule has 0 aliphatic heterocycles. The fourth-order valence-electron chi connectivity index (χ4n) is 3.50. The van der Waals surface area contributed by atoms with E-state index in [4.69, 9.17) is 9.72 Å². The summed E-state index contributed by atoms with van der Waals surface area (Å²) in [6.45, 7) is 3.78. The molecule has 2 aromatic carbocycles. The fraction of sp³-hybridized carbons (Fsp3) is 0.217. The number of alkyl halides is 2. The minimum absolute atomic E-state index is 0.106. The molecule has 4 nitrogen and oxygen atoms in total. The summed E-state index contributed by atoms with van der Waals surface area (Å²) >= 11 is 0. The van der Waals surface area contributed by atoms with Gasteiger partial charge in [0.1, 0.15) is 11.6 Å². The van der Waals surface area contributed by atoms with Crippen molar-refractivity contribution in [1.29, 1.82) is 0 Å². The topological polar surface area (TPSA) is 39.9 Å². The van der Waals surface area contributed by atoms with Crippen molar-refractivity contribution in [2.24, 2.45) is 0 Å². The summed E-state index contributed by atoms with van der Waals surface area (Å²) in [6, 6.07) is 14.2. The second-order valence-corrected chi connectivity index (χ2v) is 7.22. The molecule has 0 fully saturated rings. The number of nitrogens with zero attached hydrogens (tertiary/aromatic N) is 3. The average Bonchev–Trinajstić information content (AvgIpc) is 3.13. The molecule has 0 bridgehead atoms. The lowest BCUT2D eigenvalue weighted by Gasteiger charge is -2.12. The summed E-state index contributed by atoms with van der Waals surface area (Å²) in [6.07, 6.45) is -2.72. The first-order valence-electron chi connectivity index (χ1n) is 9.51. The third-order valence-corrected chi connectivity index (χ3v) is 4.93. The van der Waals surface area contributed by atoms with E-state index in [0.717, 1.165) is 0 Å². The maximum absolute atomic E-state index is 14.1. The van der Waals surface area contributed by atoms with Crippen molar-refractivity contribution in [2.75, 3.05) is 7.11 Å². The number of hydrogen-bond acceptors (Lipinski definition) is 3. The zero-order chi connectivity index (χ0) is 21.4. The first-order chi connectivity index (χ1) is 14.4. The second kappa shape index (κ2) is 7.82. The number of hydrogen-bond donors (Lipinski definition) is 0. The molecule has 0 radical (unpaired) electrons. The van der Waals surface area contributed by atoms with Crippen molar-refractivity contribution in [2.45, 2.75) is 26.2 Å². The fourth-order valence-corrected chi connectivity index (χ4v) is 3.50. The van der Waals surface area contributed by atoms with Gasteiger partial charge in [0.15, 0.2) is 5.65 Å². The first-order valence-corrected chi connectivity index (χ1v) is 9.51. The van der Waals surface area contributed by atoms with E-state index in [1.165, 1.54) is 30.0 Å². The monoisotopic (exact) mass is 411 g/mol. The lowest BCUT2D eigenvalue weighted by atomic mass is 10.0. The predicted molar refractivity (Wildman–Crippen MR) is 110 cm³/mol. The van der Waals surface area contributed by atoms with Crippen LogP contribution in [0.1, 0.15) is 37.4 Å². The Morgan fingerprint density at radius 1 is 1.00 bits per heavy atom. The number of ether oxygens (including phenoxy) is 1. The normalized spacial score (nSPS) is 11.6. The highest BCUT2D eigenvalue weighted by atomic mass is 19.3. The van der Waals surface area contributed by atoms with Crippen LogP contribution in [0.5, 0.6) is 5.75 Å². The molecule has 0 N–H and O–H groups in total. The summed E-state index contributed by atoms with van der Waals surface area (Å²) in [5.74, 6) is 0.0299. The molecule has 7 heteroatoms. The molecule has 0 unspecified atom stereocenters. The van der Waals surface area contributed by atoms with Gasteiger partial charge in [-0.25, -0.2) is 22.8 Å². The molecule has 2 heterocycles. The quantitative estimate of drug-likeness (QED) is 0.387. The van der Waals surface area contributed by atoms with Gasteiger partial charge >= 0.3 is 0 Å². The third-order valence-electron chi connectivity index (χ3n) is 4.93. The van der Waals surface area contributed by atoms with E-state index in [9.17, 15) is 13.2 Å². The highest BCUT2D eigenvalue weighted by Gasteiger charge is 2.25. The second-order valence-electron chi connectivity index (χ2n) is 7.22. The Morgan fingerprint density at radius 3 is 2.33 bits per heavy atom. The van der Waals surface area contributed by atoms with Gasteiger partial charge in [-0.1, -0.05) is 26.0 Å². The van der Waals surface area contributed by atoms with Crippen molar-refractivity contribution in [3.05, 3.63) is 71.7 Å². The zero-order valence-electron chi connectivity index (χ0n) is 16.7. The third kappa shape index (κ3) is 3.40. The number of pyridine rings is 1. The number of aromatic nitrogens is 3. The summed E-state index contributed by atoms with van der Waals surface area (Å²) < 4.78 is 48.6. The van der Waals surface area contributed by atoms with Crippen LogP contribution < -0.4 is 4.74 Å². The van der Waals surface area contributed by atoms with Crippen molar-refractivity contribution in [1.82, 2.24) is 14.8 Å². The molecule has 0 saturated carbocycles. The molecular weight excluding hydrogens is 391 g/mol. The van der Waals surface area contributed by atoms with E-state index < -0.39 is 12.2 Å². The van der Waals surface area contributed by atoms with E-state index in [1.54, 1.807) is 36.4 Å². The molecule has 30 heavy (non-hydrogen) atoms. The summed E-state index contributed by atoms with van der Waals surface area (Å²) in [5.41, 5.74) is 2.17. The molecule has 4 rings (SSSR count). The van der Waals surface area contributed by atoms with Gasteiger partial charge in [0.2, 0.25) is 0 Å². The van der Waals surface area contributed by atoms with E-state index in [0.29, 0.717) is 39.4 Å². The van der Waals surface area contributed by atoms with E-state index in [2.05, 4.69) is 5.10 Å². The van der Waals surface area contributed by atoms with E-state index in [1.807, 2.05) is 13.8 Å². The van der Waals surface area contributed by atoms with Crippen LogP contribution in [0.2, 0.25) is 0 Å². The Kier molecular flexibility index (Phi) is 5.20. The van der Waals surface area contributed by atoms with Gasteiger partial charge in [0.05, 0.1) is 29.6 Å². The molecule has 154 valence electrons. The van der Waals surface area contributed by atoms with Crippen molar-refractivity contribution < 1.29 is 17.9 Å². The van der Waals surface area contributed by atoms with Gasteiger partial charge in [-0.2, -0.15) is 5.10 Å². The number of para-hydroxylation sites is 1. The number of rotatable bonds is 5. The average molecular weight is 411 g/mol. The molecule has 0 aliphatic carbocycles. The molecule has 4 aromatic rings. The Labute approximate surface area is 171 Å². The van der Waals surface area contributed by atoms with Crippen LogP contribution in [-0.4, -0.2) is 21.9 Å². The van der Waals surface area contributed by atoms with Crippen LogP contribution in [0.3, 0.4) is 0 Å².